The van der Waals surface area contributed by atoms with Crippen LogP contribution >= 0.6 is 0 Å². The van der Waals surface area contributed by atoms with E-state index in [9.17, 15) is 50.3 Å². The highest BCUT2D eigenvalue weighted by atomic mass is 16.7. The Labute approximate surface area is 311 Å². The molecule has 8 N–H and O–H groups in total. The number of nitrogens with zero attached hydrogens (tertiary/aromatic N) is 1. The Morgan fingerprint density at radius 3 is 1.43 bits per heavy atom. The average molecular weight is 766 g/mol. The molecule has 0 saturated carbocycles. The van der Waals surface area contributed by atoms with E-state index in [0.717, 1.165) is 5.46 Å². The van der Waals surface area contributed by atoms with Gasteiger partial charge >= 0.3 is 7.12 Å². The SMILES string of the molecule is CC(=O)N[C@@H]1C(Oc2ccc(B3OC(C)(C)C(C)(C)O3)cc2)OC(CO)C(O)C1O.CC(=O)N[C@@H]1C(Oc2ccc([N+](=O)[O-])cc2)OC(CO)C(O)C1O. The summed E-state index contributed by atoms with van der Waals surface area (Å²) in [5.74, 6) is -0.284. The van der Waals surface area contributed by atoms with Gasteiger partial charge in [-0.15, -0.1) is 0 Å². The second-order valence-electron chi connectivity index (χ2n) is 14.0. The third-order valence-corrected chi connectivity index (χ3v) is 9.46. The van der Waals surface area contributed by atoms with E-state index in [1.54, 1.807) is 24.3 Å². The lowest BCUT2D eigenvalue weighted by atomic mass is 9.79. The van der Waals surface area contributed by atoms with Crippen molar-refractivity contribution in [3.8, 4) is 11.5 Å². The summed E-state index contributed by atoms with van der Waals surface area (Å²) in [4.78, 5) is 32.9. The maximum atomic E-state index is 11.5. The lowest BCUT2D eigenvalue weighted by molar-refractivity contribution is -0.384. The Bertz CT molecular complexity index is 1570. The van der Waals surface area contributed by atoms with E-state index in [1.807, 2.05) is 27.7 Å². The molecule has 0 aromatic heterocycles. The molecule has 3 heterocycles. The zero-order valence-electron chi connectivity index (χ0n) is 30.6. The number of nitrogens with one attached hydrogen (secondary N) is 2. The van der Waals surface area contributed by atoms with Gasteiger partial charge < -0.3 is 69.5 Å². The van der Waals surface area contributed by atoms with Gasteiger partial charge in [-0.05, 0) is 57.4 Å². The Morgan fingerprint density at radius 2 is 1.09 bits per heavy atom. The first kappa shape index (κ1) is 42.8. The summed E-state index contributed by atoms with van der Waals surface area (Å²) in [6, 6.07) is 9.99. The largest absolute Gasteiger partial charge is 0.494 e. The van der Waals surface area contributed by atoms with Gasteiger partial charge in [0.05, 0.1) is 29.3 Å². The number of amides is 2. The quantitative estimate of drug-likeness (QED) is 0.0755. The molecule has 2 amide bonds. The van der Waals surface area contributed by atoms with Gasteiger partial charge in [0, 0.05) is 26.0 Å². The van der Waals surface area contributed by atoms with Crippen molar-refractivity contribution < 1.29 is 73.4 Å². The molecule has 5 rings (SSSR count). The van der Waals surface area contributed by atoms with Gasteiger partial charge in [-0.25, -0.2) is 0 Å². The molecule has 19 nitrogen and oxygen atoms in total. The number of carbonyl (C=O) groups is 2. The highest BCUT2D eigenvalue weighted by Crippen LogP contribution is 2.36. The number of non-ortho nitro benzene ring substituents is 1. The van der Waals surface area contributed by atoms with Crippen LogP contribution in [0.3, 0.4) is 0 Å². The van der Waals surface area contributed by atoms with Gasteiger partial charge in [0.25, 0.3) is 5.69 Å². The second kappa shape index (κ2) is 17.7. The van der Waals surface area contributed by atoms with E-state index in [2.05, 4.69) is 10.6 Å². The summed E-state index contributed by atoms with van der Waals surface area (Å²) in [5.41, 5.74) is -0.225. The molecule has 3 fully saturated rings. The fourth-order valence-corrected chi connectivity index (χ4v) is 5.74. The van der Waals surface area contributed by atoms with Crippen LogP contribution in [0.1, 0.15) is 41.5 Å². The number of carbonyl (C=O) groups excluding carboxylic acids is 2. The van der Waals surface area contributed by atoms with Crippen molar-refractivity contribution in [3.05, 3.63) is 58.6 Å². The number of ether oxygens (including phenoxy) is 4. The molecule has 20 heteroatoms. The monoisotopic (exact) mass is 765 g/mol. The number of hydrogen-bond acceptors (Lipinski definition) is 16. The van der Waals surface area contributed by atoms with Crippen molar-refractivity contribution in [1.29, 1.82) is 0 Å². The standard InChI is InChI=1S/C20H30BNO8.C14H18N2O8/c1-11(24)22-15-17(26)16(25)14(10-23)28-18(15)27-13-8-6-12(7-9-13)21-29-19(2,3)20(4,5)30-21;1-7(18)15-11-13(20)12(19)10(6-17)24-14(11)23-9-4-2-8(3-5-9)16(21)22/h6-9,14-18,23,25-26H,10H2,1-5H3,(H,22,24);2-5,10-14,17,19-20H,6H2,1H3,(H,15,18)/t14?,15-,16?,17?,18?;10?,11-,12?,13?,14?/m00/s1. The summed E-state index contributed by atoms with van der Waals surface area (Å²) in [5, 5.41) is 74.7. The maximum Gasteiger partial charge on any atom is 0.494 e. The van der Waals surface area contributed by atoms with Crippen LogP contribution in [0.15, 0.2) is 48.5 Å². The van der Waals surface area contributed by atoms with Crippen LogP contribution in [0, 0.1) is 10.1 Å². The molecule has 10 atom stereocenters. The molecule has 2 aromatic rings. The lowest BCUT2D eigenvalue weighted by Crippen LogP contribution is -2.65. The van der Waals surface area contributed by atoms with Crippen molar-refractivity contribution in [2.75, 3.05) is 13.2 Å². The van der Waals surface area contributed by atoms with Gasteiger partial charge in [-0.3, -0.25) is 19.7 Å². The molecule has 298 valence electrons. The van der Waals surface area contributed by atoms with Gasteiger partial charge in [-0.2, -0.15) is 0 Å². The molecule has 0 spiro atoms. The van der Waals surface area contributed by atoms with Crippen LogP contribution in [-0.2, 0) is 28.4 Å². The smallest absolute Gasteiger partial charge is 0.463 e. The molecule has 3 aliphatic rings. The van der Waals surface area contributed by atoms with Crippen LogP contribution < -0.4 is 25.6 Å². The molecule has 3 saturated heterocycles. The van der Waals surface area contributed by atoms with E-state index in [4.69, 9.17) is 28.3 Å². The summed E-state index contributed by atoms with van der Waals surface area (Å²) in [6.07, 6.45) is -10.0. The molecular weight excluding hydrogens is 717 g/mol. The highest BCUT2D eigenvalue weighted by Gasteiger charge is 2.52. The van der Waals surface area contributed by atoms with E-state index in [-0.39, 0.29) is 11.4 Å². The summed E-state index contributed by atoms with van der Waals surface area (Å²) < 4.78 is 34.4. The van der Waals surface area contributed by atoms with Crippen molar-refractivity contribution in [2.24, 2.45) is 0 Å². The van der Waals surface area contributed by atoms with Gasteiger partial charge in [-0.1, -0.05) is 12.1 Å². The number of benzene rings is 2. The zero-order valence-corrected chi connectivity index (χ0v) is 30.6. The number of aliphatic hydroxyl groups excluding tert-OH is 6. The molecular formula is C34H48BN3O16. The molecule has 0 bridgehead atoms. The fourth-order valence-electron chi connectivity index (χ4n) is 5.74. The average Bonchev–Trinajstić information content (AvgIpc) is 3.33. The van der Waals surface area contributed by atoms with E-state index in [1.165, 1.54) is 38.1 Å². The van der Waals surface area contributed by atoms with Crippen LogP contribution in [-0.4, -0.2) is 140 Å². The van der Waals surface area contributed by atoms with E-state index >= 15 is 0 Å². The van der Waals surface area contributed by atoms with Crippen LogP contribution in [0.25, 0.3) is 0 Å². The van der Waals surface area contributed by atoms with Gasteiger partial charge in [0.15, 0.2) is 0 Å². The topological polar surface area (TPSA) is 278 Å². The molecule has 0 aliphatic carbocycles. The Morgan fingerprint density at radius 1 is 0.722 bits per heavy atom. The normalized spacial score (nSPS) is 31.4. The van der Waals surface area contributed by atoms with Crippen LogP contribution in [0.5, 0.6) is 11.5 Å². The summed E-state index contributed by atoms with van der Waals surface area (Å²) in [6.45, 7) is 9.34. The van der Waals surface area contributed by atoms with Gasteiger partial charge in [0.2, 0.25) is 24.4 Å². The summed E-state index contributed by atoms with van der Waals surface area (Å²) >= 11 is 0. The molecule has 0 radical (unpaired) electrons. The first-order valence-corrected chi connectivity index (χ1v) is 17.1. The molecule has 8 unspecified atom stereocenters. The first-order valence-electron chi connectivity index (χ1n) is 17.1. The van der Waals surface area contributed by atoms with E-state index in [0.29, 0.717) is 5.75 Å². The predicted octanol–water partition coefficient (Wildman–Crippen LogP) is -1.77. The highest BCUT2D eigenvalue weighted by molar-refractivity contribution is 6.62. The Kier molecular flexibility index (Phi) is 14.0. The van der Waals surface area contributed by atoms with Crippen LogP contribution in [0.2, 0.25) is 0 Å². The Hall–Kier alpha value is -3.96. The number of nitro groups is 1. The molecule has 3 aliphatic heterocycles. The number of nitro benzene ring substituents is 1. The minimum Gasteiger partial charge on any atom is -0.463 e. The van der Waals surface area contributed by atoms with E-state index < -0.39 is 110 Å². The van der Waals surface area contributed by atoms with Crippen LogP contribution in [0.4, 0.5) is 5.69 Å². The van der Waals surface area contributed by atoms with Crippen molar-refractivity contribution in [3.63, 3.8) is 0 Å². The zero-order chi connectivity index (χ0) is 40.1. The summed E-state index contributed by atoms with van der Waals surface area (Å²) in [7, 11) is -0.516. The minimum absolute atomic E-state index is 0.131. The number of rotatable bonds is 10. The second-order valence-corrected chi connectivity index (χ2v) is 14.0. The Balaban J connectivity index is 0.000000247. The molecule has 54 heavy (non-hydrogen) atoms. The van der Waals surface area contributed by atoms with Crippen molar-refractivity contribution in [2.45, 2.75) is 114 Å². The number of hydrogen-bond donors (Lipinski definition) is 8. The maximum absolute atomic E-state index is 11.5. The fraction of sp³-hybridized carbons (Fsp3) is 0.588. The van der Waals surface area contributed by atoms with Crippen molar-refractivity contribution >= 4 is 30.1 Å². The predicted molar refractivity (Wildman–Crippen MR) is 187 cm³/mol. The minimum atomic E-state index is -1.43. The van der Waals surface area contributed by atoms with Gasteiger partial charge in [0.1, 0.15) is 60.2 Å². The number of aliphatic hydroxyl groups is 6. The van der Waals surface area contributed by atoms with Crippen molar-refractivity contribution in [1.82, 2.24) is 10.6 Å². The first-order chi connectivity index (χ1) is 25.3. The lowest BCUT2D eigenvalue weighted by Gasteiger charge is -2.42. The molecule has 2 aromatic carbocycles. The third-order valence-electron chi connectivity index (χ3n) is 9.46. The third kappa shape index (κ3) is 10.0.